The number of hydrogen-bond acceptors (Lipinski definition) is 3. The molecule has 3 aromatic rings. The van der Waals surface area contributed by atoms with Crippen LogP contribution in [0.15, 0.2) is 47.0 Å². The first kappa shape index (κ1) is 14.3. The van der Waals surface area contributed by atoms with Crippen LogP contribution < -0.4 is 5.73 Å². The Hall–Kier alpha value is -1.68. The molecular weight excluding hydrogens is 331 g/mol. The van der Waals surface area contributed by atoms with Crippen molar-refractivity contribution >= 4 is 40.6 Å². The molecule has 6 heteroatoms. The third kappa shape index (κ3) is 2.48. The molecule has 0 saturated heterocycles. The standard InChI is InChI=1S/C15H9Cl3N2O/c16-9-5-2-1-4-8(9)12-14(21-20-15(12)19)13-10(17)6-3-7-11(13)18/h1-7H,(H2,19,20). The Morgan fingerprint density at radius 1 is 0.810 bits per heavy atom. The fourth-order valence-electron chi connectivity index (χ4n) is 2.11. The van der Waals surface area contributed by atoms with Gasteiger partial charge in [0.15, 0.2) is 11.6 Å². The Balaban J connectivity index is 2.31. The molecule has 3 nitrogen and oxygen atoms in total. The van der Waals surface area contributed by atoms with Crippen LogP contribution in [-0.2, 0) is 0 Å². The van der Waals surface area contributed by atoms with Crippen molar-refractivity contribution in [2.75, 3.05) is 5.73 Å². The summed E-state index contributed by atoms with van der Waals surface area (Å²) in [5.74, 6) is 0.630. The highest BCUT2D eigenvalue weighted by Crippen LogP contribution is 2.44. The van der Waals surface area contributed by atoms with Gasteiger partial charge in [-0.15, -0.1) is 0 Å². The summed E-state index contributed by atoms with van der Waals surface area (Å²) in [6, 6.07) is 12.5. The second-order valence-electron chi connectivity index (χ2n) is 4.35. The molecule has 21 heavy (non-hydrogen) atoms. The van der Waals surface area contributed by atoms with Gasteiger partial charge in [-0.1, -0.05) is 64.2 Å². The van der Waals surface area contributed by atoms with Crippen LogP contribution in [0.5, 0.6) is 0 Å². The van der Waals surface area contributed by atoms with E-state index in [1.807, 2.05) is 18.2 Å². The van der Waals surface area contributed by atoms with Crippen molar-refractivity contribution in [3.05, 3.63) is 57.5 Å². The van der Waals surface area contributed by atoms with Crippen LogP contribution in [0.2, 0.25) is 15.1 Å². The first-order chi connectivity index (χ1) is 10.1. The molecule has 0 unspecified atom stereocenters. The average molecular weight is 340 g/mol. The van der Waals surface area contributed by atoms with Crippen LogP contribution in [0.1, 0.15) is 0 Å². The second kappa shape index (κ2) is 5.60. The molecule has 0 aliphatic rings. The van der Waals surface area contributed by atoms with Gasteiger partial charge in [0.2, 0.25) is 0 Å². The van der Waals surface area contributed by atoms with Crippen LogP contribution in [-0.4, -0.2) is 5.16 Å². The summed E-state index contributed by atoms with van der Waals surface area (Å²) in [5, 5.41) is 5.26. The predicted octanol–water partition coefficient (Wildman–Crippen LogP) is 5.55. The molecule has 106 valence electrons. The third-order valence-corrected chi connectivity index (χ3v) is 4.01. The topological polar surface area (TPSA) is 52.0 Å². The molecule has 0 atom stereocenters. The number of nitrogen functional groups attached to an aromatic ring is 1. The molecular formula is C15H9Cl3N2O. The smallest absolute Gasteiger partial charge is 0.179 e. The van der Waals surface area contributed by atoms with Gasteiger partial charge in [0.05, 0.1) is 21.2 Å². The average Bonchev–Trinajstić information content (AvgIpc) is 2.81. The number of rotatable bonds is 2. The summed E-state index contributed by atoms with van der Waals surface area (Å²) in [6.45, 7) is 0. The molecule has 0 amide bonds. The lowest BCUT2D eigenvalue weighted by Gasteiger charge is -2.07. The van der Waals surface area contributed by atoms with E-state index in [0.29, 0.717) is 37.5 Å². The van der Waals surface area contributed by atoms with E-state index in [1.54, 1.807) is 24.3 Å². The Bertz CT molecular complexity index is 794. The minimum atomic E-state index is 0.231. The lowest BCUT2D eigenvalue weighted by atomic mass is 10.0. The maximum Gasteiger partial charge on any atom is 0.179 e. The fraction of sp³-hybridized carbons (Fsp3) is 0. The molecule has 0 bridgehead atoms. The minimum absolute atomic E-state index is 0.231. The number of nitrogens with two attached hydrogens (primary N) is 1. The maximum atomic E-state index is 6.24. The Labute approximate surface area is 136 Å². The number of aromatic nitrogens is 1. The van der Waals surface area contributed by atoms with Crippen LogP contribution in [0.4, 0.5) is 5.82 Å². The Morgan fingerprint density at radius 3 is 2.10 bits per heavy atom. The van der Waals surface area contributed by atoms with E-state index in [9.17, 15) is 0 Å². The molecule has 2 aromatic carbocycles. The highest BCUT2D eigenvalue weighted by atomic mass is 35.5. The Kier molecular flexibility index (Phi) is 3.81. The van der Waals surface area contributed by atoms with Crippen molar-refractivity contribution in [1.82, 2.24) is 5.16 Å². The summed E-state index contributed by atoms with van der Waals surface area (Å²) in [7, 11) is 0. The maximum absolute atomic E-state index is 6.24. The first-order valence-corrected chi connectivity index (χ1v) is 7.17. The van der Waals surface area contributed by atoms with Crippen molar-refractivity contribution in [2.24, 2.45) is 0 Å². The van der Waals surface area contributed by atoms with Gasteiger partial charge in [-0.25, -0.2) is 0 Å². The van der Waals surface area contributed by atoms with Gasteiger partial charge < -0.3 is 10.3 Å². The van der Waals surface area contributed by atoms with Crippen molar-refractivity contribution in [2.45, 2.75) is 0 Å². The second-order valence-corrected chi connectivity index (χ2v) is 5.57. The summed E-state index contributed by atoms with van der Waals surface area (Å²) >= 11 is 18.7. The number of halogens is 3. The molecule has 3 rings (SSSR count). The van der Waals surface area contributed by atoms with Gasteiger partial charge in [-0.05, 0) is 18.2 Å². The zero-order valence-corrected chi connectivity index (χ0v) is 12.9. The zero-order chi connectivity index (χ0) is 15.0. The van der Waals surface area contributed by atoms with Crippen molar-refractivity contribution in [3.63, 3.8) is 0 Å². The first-order valence-electron chi connectivity index (χ1n) is 6.04. The molecule has 0 saturated carbocycles. The Morgan fingerprint density at radius 2 is 1.43 bits per heavy atom. The quantitative estimate of drug-likeness (QED) is 0.666. The highest BCUT2D eigenvalue weighted by molar-refractivity contribution is 6.39. The van der Waals surface area contributed by atoms with Crippen LogP contribution in [0.25, 0.3) is 22.5 Å². The number of anilines is 1. The van der Waals surface area contributed by atoms with E-state index in [0.717, 1.165) is 0 Å². The number of nitrogens with zero attached hydrogens (tertiary/aromatic N) is 1. The summed E-state index contributed by atoms with van der Waals surface area (Å²) in [6.07, 6.45) is 0. The van der Waals surface area contributed by atoms with Crippen LogP contribution in [0.3, 0.4) is 0 Å². The van der Waals surface area contributed by atoms with Crippen LogP contribution >= 0.6 is 34.8 Å². The van der Waals surface area contributed by atoms with Gasteiger partial charge in [0.25, 0.3) is 0 Å². The van der Waals surface area contributed by atoms with Crippen molar-refractivity contribution in [3.8, 4) is 22.5 Å². The normalized spacial score (nSPS) is 10.8. The molecule has 0 aliphatic carbocycles. The van der Waals surface area contributed by atoms with E-state index in [1.165, 1.54) is 0 Å². The SMILES string of the molecule is Nc1noc(-c2c(Cl)cccc2Cl)c1-c1ccccc1Cl. The lowest BCUT2D eigenvalue weighted by Crippen LogP contribution is -1.90. The minimum Gasteiger partial charge on any atom is -0.380 e. The molecule has 0 aliphatic heterocycles. The summed E-state index contributed by atoms with van der Waals surface area (Å²) < 4.78 is 5.35. The molecule has 2 N–H and O–H groups in total. The van der Waals surface area contributed by atoms with E-state index in [2.05, 4.69) is 5.16 Å². The number of benzene rings is 2. The molecule has 1 aromatic heterocycles. The number of hydrogen-bond donors (Lipinski definition) is 1. The zero-order valence-electron chi connectivity index (χ0n) is 10.6. The predicted molar refractivity (Wildman–Crippen MR) is 86.8 cm³/mol. The van der Waals surface area contributed by atoms with Crippen molar-refractivity contribution < 1.29 is 4.52 Å². The van der Waals surface area contributed by atoms with E-state index < -0.39 is 0 Å². The monoisotopic (exact) mass is 338 g/mol. The van der Waals surface area contributed by atoms with Crippen LogP contribution in [0, 0.1) is 0 Å². The van der Waals surface area contributed by atoms with Gasteiger partial charge in [-0.3, -0.25) is 0 Å². The van der Waals surface area contributed by atoms with E-state index in [-0.39, 0.29) is 5.82 Å². The summed E-state index contributed by atoms with van der Waals surface area (Å²) in [4.78, 5) is 0. The van der Waals surface area contributed by atoms with Gasteiger partial charge in [-0.2, -0.15) is 0 Å². The fourth-order valence-corrected chi connectivity index (χ4v) is 2.91. The highest BCUT2D eigenvalue weighted by Gasteiger charge is 2.23. The van der Waals surface area contributed by atoms with E-state index >= 15 is 0 Å². The largest absolute Gasteiger partial charge is 0.380 e. The third-order valence-electron chi connectivity index (χ3n) is 3.05. The van der Waals surface area contributed by atoms with Gasteiger partial charge >= 0.3 is 0 Å². The van der Waals surface area contributed by atoms with Crippen molar-refractivity contribution in [1.29, 1.82) is 0 Å². The molecule has 0 radical (unpaired) electrons. The van der Waals surface area contributed by atoms with E-state index in [4.69, 9.17) is 45.1 Å². The molecule has 0 fully saturated rings. The molecule has 1 heterocycles. The summed E-state index contributed by atoms with van der Waals surface area (Å²) in [5.41, 5.74) is 7.76. The lowest BCUT2D eigenvalue weighted by molar-refractivity contribution is 0.436. The molecule has 0 spiro atoms. The van der Waals surface area contributed by atoms with Gasteiger partial charge in [0.1, 0.15) is 0 Å². The van der Waals surface area contributed by atoms with Gasteiger partial charge in [0, 0.05) is 10.6 Å².